The second-order valence-corrected chi connectivity index (χ2v) is 8.21. The van der Waals surface area contributed by atoms with Crippen molar-refractivity contribution in [3.05, 3.63) is 52.2 Å². The van der Waals surface area contributed by atoms with Gasteiger partial charge in [0.25, 0.3) is 0 Å². The molecule has 0 aliphatic carbocycles. The van der Waals surface area contributed by atoms with Crippen LogP contribution in [0.15, 0.2) is 51.0 Å². The van der Waals surface area contributed by atoms with Crippen molar-refractivity contribution in [2.24, 2.45) is 4.99 Å². The quantitative estimate of drug-likeness (QED) is 0.368. The van der Waals surface area contributed by atoms with Crippen molar-refractivity contribution in [2.45, 2.75) is 18.0 Å². The zero-order valence-corrected chi connectivity index (χ0v) is 18.4. The molecule has 2 aromatic rings. The predicted octanol–water partition coefficient (Wildman–Crippen LogP) is 2.48. The molecule has 1 aromatic heterocycles. The Labute approximate surface area is 170 Å². The van der Waals surface area contributed by atoms with E-state index in [4.69, 9.17) is 0 Å². The Morgan fingerprint density at radius 3 is 2.44 bits per heavy atom. The first-order valence-electron chi connectivity index (χ1n) is 7.41. The van der Waals surface area contributed by atoms with Crippen molar-refractivity contribution in [3.8, 4) is 0 Å². The first-order valence-corrected chi connectivity index (χ1v) is 9.79. The van der Waals surface area contributed by atoms with Gasteiger partial charge in [-0.2, -0.15) is 11.3 Å². The zero-order valence-electron chi connectivity index (χ0n) is 14.4. The fourth-order valence-corrected chi connectivity index (χ4v) is 3.86. The molecule has 0 bridgehead atoms. The molecule has 0 radical (unpaired) electrons. The number of nitrogens with one attached hydrogen (secondary N) is 2. The minimum Gasteiger partial charge on any atom is -0.352 e. The normalized spacial score (nSPS) is 11.9. The molecule has 0 unspecified atom stereocenters. The van der Waals surface area contributed by atoms with Crippen LogP contribution in [0.4, 0.5) is 0 Å². The van der Waals surface area contributed by atoms with Crippen molar-refractivity contribution in [1.82, 2.24) is 14.9 Å². The number of hydrogen-bond acceptors (Lipinski definition) is 4. The van der Waals surface area contributed by atoms with Crippen LogP contribution in [0.25, 0.3) is 0 Å². The molecule has 0 fully saturated rings. The number of benzene rings is 1. The van der Waals surface area contributed by atoms with Crippen LogP contribution in [-0.4, -0.2) is 39.8 Å². The van der Waals surface area contributed by atoms with E-state index in [9.17, 15) is 8.42 Å². The van der Waals surface area contributed by atoms with Gasteiger partial charge in [0.15, 0.2) is 5.96 Å². The molecule has 0 amide bonds. The van der Waals surface area contributed by atoms with Gasteiger partial charge in [-0.1, -0.05) is 18.2 Å². The van der Waals surface area contributed by atoms with Crippen molar-refractivity contribution < 1.29 is 8.42 Å². The molecule has 1 heterocycles. The molecule has 9 heteroatoms. The van der Waals surface area contributed by atoms with Gasteiger partial charge in [0.05, 0.1) is 4.90 Å². The summed E-state index contributed by atoms with van der Waals surface area (Å²) in [6.07, 6.45) is 0. The summed E-state index contributed by atoms with van der Waals surface area (Å²) in [4.78, 5) is 4.47. The molecular formula is C16H23IN4O2S2. The number of thiophene rings is 1. The standard InChI is InChI=1S/C16H22N4O2S2.HI/c1-17-16(18-10-13-8-9-23-12-13)19-11-14-6-4-5-7-15(14)24(21,22)20(2)3;/h4-9,12H,10-11H2,1-3H3,(H2,17,18,19);1H. The molecule has 0 aliphatic heterocycles. The highest BCUT2D eigenvalue weighted by Crippen LogP contribution is 2.18. The number of halogens is 1. The maximum absolute atomic E-state index is 12.4. The van der Waals surface area contributed by atoms with Crippen LogP contribution in [-0.2, 0) is 23.1 Å². The smallest absolute Gasteiger partial charge is 0.242 e. The van der Waals surface area contributed by atoms with E-state index in [0.29, 0.717) is 29.5 Å². The van der Waals surface area contributed by atoms with Gasteiger partial charge < -0.3 is 10.6 Å². The minimum atomic E-state index is -3.48. The molecule has 0 atom stereocenters. The van der Waals surface area contributed by atoms with Crippen molar-refractivity contribution in [1.29, 1.82) is 0 Å². The lowest BCUT2D eigenvalue weighted by Crippen LogP contribution is -2.36. The van der Waals surface area contributed by atoms with Crippen LogP contribution in [0.2, 0.25) is 0 Å². The van der Waals surface area contributed by atoms with E-state index in [-0.39, 0.29) is 24.0 Å². The van der Waals surface area contributed by atoms with Gasteiger partial charge in [-0.05, 0) is 34.0 Å². The summed E-state index contributed by atoms with van der Waals surface area (Å²) < 4.78 is 26.0. The number of nitrogens with zero attached hydrogens (tertiary/aromatic N) is 2. The summed E-state index contributed by atoms with van der Waals surface area (Å²) in [6, 6.07) is 9.02. The van der Waals surface area contributed by atoms with E-state index in [1.54, 1.807) is 36.6 Å². The highest BCUT2D eigenvalue weighted by Gasteiger charge is 2.20. The van der Waals surface area contributed by atoms with Crippen LogP contribution in [0, 0.1) is 0 Å². The van der Waals surface area contributed by atoms with Crippen molar-refractivity contribution in [2.75, 3.05) is 21.1 Å². The molecule has 0 saturated heterocycles. The first-order chi connectivity index (χ1) is 11.4. The third-order valence-electron chi connectivity index (χ3n) is 3.44. The molecule has 1 aromatic carbocycles. The molecule has 6 nitrogen and oxygen atoms in total. The average Bonchev–Trinajstić information content (AvgIpc) is 3.08. The molecule has 0 saturated carbocycles. The van der Waals surface area contributed by atoms with Crippen LogP contribution >= 0.6 is 35.3 Å². The Hall–Kier alpha value is -1.17. The fraction of sp³-hybridized carbons (Fsp3) is 0.312. The Bertz CT molecular complexity index is 790. The molecule has 138 valence electrons. The Morgan fingerprint density at radius 2 is 1.84 bits per heavy atom. The number of sulfonamides is 1. The van der Waals surface area contributed by atoms with Crippen LogP contribution < -0.4 is 10.6 Å². The molecule has 25 heavy (non-hydrogen) atoms. The van der Waals surface area contributed by atoms with E-state index in [2.05, 4.69) is 21.0 Å². The van der Waals surface area contributed by atoms with Gasteiger partial charge in [0.2, 0.25) is 10.0 Å². The SMILES string of the molecule is CN=C(NCc1ccsc1)NCc1ccccc1S(=O)(=O)N(C)C.I. The second-order valence-electron chi connectivity index (χ2n) is 5.31. The third-order valence-corrected chi connectivity index (χ3v) is 6.09. The van der Waals surface area contributed by atoms with E-state index >= 15 is 0 Å². The maximum atomic E-state index is 12.4. The Kier molecular flexibility index (Phi) is 8.83. The second kappa shape index (κ2) is 10.1. The lowest BCUT2D eigenvalue weighted by atomic mass is 10.2. The first kappa shape index (κ1) is 21.9. The highest BCUT2D eigenvalue weighted by molar-refractivity contribution is 14.0. The van der Waals surface area contributed by atoms with Gasteiger partial charge in [0.1, 0.15) is 0 Å². The summed E-state index contributed by atoms with van der Waals surface area (Å²) in [5.41, 5.74) is 1.88. The topological polar surface area (TPSA) is 73.8 Å². The lowest BCUT2D eigenvalue weighted by molar-refractivity contribution is 0.519. The summed E-state index contributed by atoms with van der Waals surface area (Å²) in [5, 5.41) is 10.5. The average molecular weight is 494 g/mol. The predicted molar refractivity (Wildman–Crippen MR) is 114 cm³/mol. The van der Waals surface area contributed by atoms with Crippen molar-refractivity contribution in [3.63, 3.8) is 0 Å². The third kappa shape index (κ3) is 5.94. The number of guanidine groups is 1. The van der Waals surface area contributed by atoms with E-state index < -0.39 is 10.0 Å². The van der Waals surface area contributed by atoms with E-state index in [1.165, 1.54) is 24.0 Å². The molecule has 0 spiro atoms. The van der Waals surface area contributed by atoms with Crippen LogP contribution in [0.5, 0.6) is 0 Å². The monoisotopic (exact) mass is 494 g/mol. The number of rotatable bonds is 6. The van der Waals surface area contributed by atoms with Gasteiger partial charge in [-0.25, -0.2) is 12.7 Å². The van der Waals surface area contributed by atoms with Gasteiger partial charge in [0, 0.05) is 34.2 Å². The summed E-state index contributed by atoms with van der Waals surface area (Å²) in [6.45, 7) is 1.04. The largest absolute Gasteiger partial charge is 0.352 e. The van der Waals surface area contributed by atoms with Crippen LogP contribution in [0.3, 0.4) is 0 Å². The van der Waals surface area contributed by atoms with Gasteiger partial charge >= 0.3 is 0 Å². The molecule has 2 N–H and O–H groups in total. The Morgan fingerprint density at radius 1 is 1.16 bits per heavy atom. The fourth-order valence-electron chi connectivity index (χ4n) is 2.08. The maximum Gasteiger partial charge on any atom is 0.242 e. The van der Waals surface area contributed by atoms with Gasteiger partial charge in [-0.3, -0.25) is 4.99 Å². The number of hydrogen-bond donors (Lipinski definition) is 2. The summed E-state index contributed by atoms with van der Waals surface area (Å²) >= 11 is 1.64. The number of aliphatic imine (C=N–C) groups is 1. The summed E-state index contributed by atoms with van der Waals surface area (Å²) in [7, 11) is 1.27. The van der Waals surface area contributed by atoms with Crippen molar-refractivity contribution >= 4 is 51.3 Å². The van der Waals surface area contributed by atoms with E-state index in [0.717, 1.165) is 0 Å². The Balaban J connectivity index is 0.00000312. The molecular weight excluding hydrogens is 471 g/mol. The summed E-state index contributed by atoms with van der Waals surface area (Å²) in [5.74, 6) is 0.623. The molecule has 0 aliphatic rings. The zero-order chi connectivity index (χ0) is 17.6. The lowest BCUT2D eigenvalue weighted by Gasteiger charge is -2.16. The minimum absolute atomic E-state index is 0. The highest BCUT2D eigenvalue weighted by atomic mass is 127. The van der Waals surface area contributed by atoms with Crippen LogP contribution in [0.1, 0.15) is 11.1 Å². The molecule has 2 rings (SSSR count). The van der Waals surface area contributed by atoms with E-state index in [1.807, 2.05) is 17.5 Å². The van der Waals surface area contributed by atoms with Gasteiger partial charge in [-0.15, -0.1) is 24.0 Å².